The van der Waals surface area contributed by atoms with E-state index in [0.717, 1.165) is 6.42 Å². The Kier molecular flexibility index (Phi) is 4.77. The molecule has 1 amide bonds. The molecule has 0 aromatic heterocycles. The molecule has 0 spiro atoms. The molecule has 0 aliphatic carbocycles. The van der Waals surface area contributed by atoms with E-state index in [1.807, 2.05) is 27.7 Å². The van der Waals surface area contributed by atoms with E-state index in [9.17, 15) is 4.79 Å². The molecule has 5 heteroatoms. The van der Waals surface area contributed by atoms with Crippen molar-refractivity contribution in [2.75, 3.05) is 19.7 Å². The van der Waals surface area contributed by atoms with Gasteiger partial charge in [0.2, 0.25) is 0 Å². The average Bonchev–Trinajstić information content (AvgIpc) is 2.63. The van der Waals surface area contributed by atoms with Gasteiger partial charge >= 0.3 is 6.09 Å². The summed E-state index contributed by atoms with van der Waals surface area (Å²) >= 11 is 0. The van der Waals surface area contributed by atoms with Crippen LogP contribution in [0.15, 0.2) is 0 Å². The molecule has 0 aromatic rings. The minimum absolute atomic E-state index is 0.0681. The average molecular weight is 244 g/mol. The van der Waals surface area contributed by atoms with E-state index >= 15 is 0 Å². The monoisotopic (exact) mass is 244 g/mol. The Bertz CT molecular complexity index is 263. The maximum absolute atomic E-state index is 11.8. The van der Waals surface area contributed by atoms with Gasteiger partial charge in [-0.05, 0) is 34.1 Å². The van der Waals surface area contributed by atoms with Crippen LogP contribution in [0.5, 0.6) is 0 Å². The molecule has 0 aromatic carbocycles. The van der Waals surface area contributed by atoms with E-state index < -0.39 is 5.60 Å². The predicted molar refractivity (Wildman–Crippen MR) is 65.9 cm³/mol. The summed E-state index contributed by atoms with van der Waals surface area (Å²) < 4.78 is 5.31. The molecule has 100 valence electrons. The van der Waals surface area contributed by atoms with Gasteiger partial charge in [0.25, 0.3) is 0 Å². The van der Waals surface area contributed by atoms with E-state index in [1.54, 1.807) is 4.90 Å². The second-order valence-electron chi connectivity index (χ2n) is 5.66. The van der Waals surface area contributed by atoms with Crippen LogP contribution in [-0.2, 0) is 4.74 Å². The van der Waals surface area contributed by atoms with Crippen LogP contribution in [0, 0.1) is 0 Å². The molecule has 17 heavy (non-hydrogen) atoms. The third-order valence-electron chi connectivity index (χ3n) is 2.63. The fourth-order valence-corrected chi connectivity index (χ4v) is 1.84. The van der Waals surface area contributed by atoms with Crippen LogP contribution in [0.3, 0.4) is 0 Å². The van der Waals surface area contributed by atoms with Crippen LogP contribution < -0.4 is 5.32 Å². The van der Waals surface area contributed by atoms with Crippen LogP contribution in [0.2, 0.25) is 0 Å². The first-order valence-electron chi connectivity index (χ1n) is 6.16. The number of ether oxygens (including phenoxy) is 1. The first-order valence-corrected chi connectivity index (χ1v) is 6.16. The third kappa shape index (κ3) is 4.91. The second kappa shape index (κ2) is 5.69. The van der Waals surface area contributed by atoms with Gasteiger partial charge in [0.05, 0.1) is 6.61 Å². The molecule has 1 aliphatic heterocycles. The normalized spacial score (nSPS) is 22.6. The van der Waals surface area contributed by atoms with Gasteiger partial charge in [-0.25, -0.2) is 4.79 Å². The zero-order valence-corrected chi connectivity index (χ0v) is 11.2. The SMILES string of the molecule is CC(CO)NC1CCN(C(=O)OC(C)(C)C)C1. The first kappa shape index (κ1) is 14.3. The number of nitrogens with zero attached hydrogens (tertiary/aromatic N) is 1. The van der Waals surface area contributed by atoms with Gasteiger partial charge in [0.15, 0.2) is 0 Å². The van der Waals surface area contributed by atoms with E-state index in [4.69, 9.17) is 9.84 Å². The molecule has 1 heterocycles. The van der Waals surface area contributed by atoms with Crippen molar-refractivity contribution >= 4 is 6.09 Å². The quantitative estimate of drug-likeness (QED) is 0.776. The Balaban J connectivity index is 2.37. The van der Waals surface area contributed by atoms with Crippen molar-refractivity contribution in [3.63, 3.8) is 0 Å². The molecule has 0 bridgehead atoms. The standard InChI is InChI=1S/C12H24N2O3/c1-9(8-15)13-10-5-6-14(7-10)11(16)17-12(2,3)4/h9-10,13,15H,5-8H2,1-4H3. The third-order valence-corrected chi connectivity index (χ3v) is 2.63. The van der Waals surface area contributed by atoms with Crippen LogP contribution in [0.4, 0.5) is 4.79 Å². The zero-order valence-electron chi connectivity index (χ0n) is 11.2. The number of aliphatic hydroxyl groups excluding tert-OH is 1. The summed E-state index contributed by atoms with van der Waals surface area (Å²) in [7, 11) is 0. The summed E-state index contributed by atoms with van der Waals surface area (Å²) in [5.74, 6) is 0. The highest BCUT2D eigenvalue weighted by Gasteiger charge is 2.29. The van der Waals surface area contributed by atoms with E-state index in [2.05, 4.69) is 5.32 Å². The number of hydrogen-bond acceptors (Lipinski definition) is 4. The van der Waals surface area contributed by atoms with Crippen molar-refractivity contribution in [3.8, 4) is 0 Å². The topological polar surface area (TPSA) is 61.8 Å². The number of aliphatic hydroxyl groups is 1. The van der Waals surface area contributed by atoms with Crippen LogP contribution in [0.25, 0.3) is 0 Å². The first-order chi connectivity index (χ1) is 7.81. The van der Waals surface area contributed by atoms with Crippen molar-refractivity contribution in [2.45, 2.75) is 51.8 Å². The smallest absolute Gasteiger partial charge is 0.410 e. The molecule has 2 N–H and O–H groups in total. The summed E-state index contributed by atoms with van der Waals surface area (Å²) in [6.45, 7) is 9.00. The summed E-state index contributed by atoms with van der Waals surface area (Å²) in [4.78, 5) is 13.5. The number of amides is 1. The second-order valence-corrected chi connectivity index (χ2v) is 5.66. The van der Waals surface area contributed by atoms with Crippen LogP contribution in [0.1, 0.15) is 34.1 Å². The summed E-state index contributed by atoms with van der Waals surface area (Å²) in [5, 5.41) is 12.2. The molecule has 2 atom stereocenters. The number of rotatable bonds is 3. The lowest BCUT2D eigenvalue weighted by Gasteiger charge is -2.24. The lowest BCUT2D eigenvalue weighted by molar-refractivity contribution is 0.0290. The van der Waals surface area contributed by atoms with Crippen molar-refractivity contribution in [1.29, 1.82) is 0 Å². The van der Waals surface area contributed by atoms with E-state index in [1.165, 1.54) is 0 Å². The summed E-state index contributed by atoms with van der Waals surface area (Å²) in [6.07, 6.45) is 0.655. The molecule has 1 rings (SSSR count). The van der Waals surface area contributed by atoms with Gasteiger partial charge in [0.1, 0.15) is 5.60 Å². The summed E-state index contributed by atoms with van der Waals surface area (Å²) in [6, 6.07) is 0.322. The minimum atomic E-state index is -0.443. The molecular weight excluding hydrogens is 220 g/mol. The lowest BCUT2D eigenvalue weighted by Crippen LogP contribution is -2.42. The molecular formula is C12H24N2O3. The fourth-order valence-electron chi connectivity index (χ4n) is 1.84. The molecule has 1 saturated heterocycles. The predicted octanol–water partition coefficient (Wildman–Crippen LogP) is 0.966. The highest BCUT2D eigenvalue weighted by molar-refractivity contribution is 5.68. The van der Waals surface area contributed by atoms with Crippen molar-refractivity contribution < 1.29 is 14.6 Å². The Hall–Kier alpha value is -0.810. The largest absolute Gasteiger partial charge is 0.444 e. The lowest BCUT2D eigenvalue weighted by atomic mass is 10.2. The van der Waals surface area contributed by atoms with Crippen molar-refractivity contribution in [1.82, 2.24) is 10.2 Å². The van der Waals surface area contributed by atoms with Gasteiger partial charge in [0, 0.05) is 25.2 Å². The zero-order chi connectivity index (χ0) is 13.1. The number of nitrogens with one attached hydrogen (secondary N) is 1. The molecule has 1 fully saturated rings. The van der Waals surface area contributed by atoms with Gasteiger partial charge in [-0.3, -0.25) is 0 Å². The molecule has 0 saturated carbocycles. The molecule has 0 radical (unpaired) electrons. The minimum Gasteiger partial charge on any atom is -0.444 e. The van der Waals surface area contributed by atoms with Gasteiger partial charge < -0.3 is 20.1 Å². The van der Waals surface area contributed by atoms with Crippen LogP contribution in [-0.4, -0.2) is 53.5 Å². The number of carbonyl (C=O) groups excluding carboxylic acids is 1. The Morgan fingerprint density at radius 3 is 2.76 bits per heavy atom. The van der Waals surface area contributed by atoms with E-state index in [-0.39, 0.29) is 24.8 Å². The molecule has 1 aliphatic rings. The Morgan fingerprint density at radius 1 is 1.59 bits per heavy atom. The van der Waals surface area contributed by atoms with Gasteiger partial charge in [-0.2, -0.15) is 0 Å². The maximum atomic E-state index is 11.8. The summed E-state index contributed by atoms with van der Waals surface area (Å²) in [5.41, 5.74) is -0.443. The highest BCUT2D eigenvalue weighted by atomic mass is 16.6. The van der Waals surface area contributed by atoms with Gasteiger partial charge in [-0.1, -0.05) is 0 Å². The highest BCUT2D eigenvalue weighted by Crippen LogP contribution is 2.15. The Morgan fingerprint density at radius 2 is 2.24 bits per heavy atom. The number of carbonyl (C=O) groups is 1. The Labute approximate surface area is 103 Å². The van der Waals surface area contributed by atoms with Gasteiger partial charge in [-0.15, -0.1) is 0 Å². The number of hydrogen-bond donors (Lipinski definition) is 2. The van der Waals surface area contributed by atoms with Crippen molar-refractivity contribution in [2.24, 2.45) is 0 Å². The van der Waals surface area contributed by atoms with E-state index in [0.29, 0.717) is 13.1 Å². The molecule has 2 unspecified atom stereocenters. The maximum Gasteiger partial charge on any atom is 0.410 e. The van der Waals surface area contributed by atoms with Crippen molar-refractivity contribution in [3.05, 3.63) is 0 Å². The fraction of sp³-hybridized carbons (Fsp3) is 0.917. The van der Waals surface area contributed by atoms with Crippen LogP contribution >= 0.6 is 0 Å². The molecule has 5 nitrogen and oxygen atoms in total. The number of likely N-dealkylation sites (tertiary alicyclic amines) is 1.